The van der Waals surface area contributed by atoms with Gasteiger partial charge in [0.15, 0.2) is 0 Å². The maximum Gasteiger partial charge on any atom is 0.338 e. The largest absolute Gasteiger partial charge is 0.462 e. The Morgan fingerprint density at radius 2 is 1.51 bits per heavy atom. The minimum atomic E-state index is -0.416. The molecule has 5 rings (SSSR count). The molecule has 0 saturated heterocycles. The molecule has 0 unspecified atom stereocenters. The highest BCUT2D eigenvalue weighted by Gasteiger charge is 2.29. The molecule has 0 aliphatic carbocycles. The van der Waals surface area contributed by atoms with Crippen LogP contribution in [-0.4, -0.2) is 18.5 Å². The molecule has 1 aliphatic heterocycles. The van der Waals surface area contributed by atoms with Gasteiger partial charge in [-0.2, -0.15) is 0 Å². The molecule has 0 radical (unpaired) electrons. The van der Waals surface area contributed by atoms with Crippen molar-refractivity contribution in [1.82, 2.24) is 0 Å². The molecule has 3 N–H and O–H groups in total. The molecule has 6 nitrogen and oxygen atoms in total. The zero-order chi connectivity index (χ0) is 25.6. The number of benzene rings is 4. The molecule has 184 valence electrons. The number of ether oxygens (including phenoxy) is 1. The van der Waals surface area contributed by atoms with E-state index in [9.17, 15) is 9.59 Å². The van der Waals surface area contributed by atoms with E-state index in [-0.39, 0.29) is 12.5 Å². The van der Waals surface area contributed by atoms with Crippen molar-refractivity contribution in [1.29, 1.82) is 0 Å². The molecule has 0 bridgehead atoms. The number of anilines is 3. The lowest BCUT2D eigenvalue weighted by atomic mass is 9.99. The average molecular weight is 490 g/mol. The molecule has 0 saturated carbocycles. The fourth-order valence-corrected chi connectivity index (χ4v) is 4.26. The summed E-state index contributed by atoms with van der Waals surface area (Å²) in [4.78, 5) is 25.4. The summed E-state index contributed by atoms with van der Waals surface area (Å²) in [7, 11) is 0. The first-order valence-electron chi connectivity index (χ1n) is 12.2. The first kappa shape index (κ1) is 23.9. The van der Waals surface area contributed by atoms with Gasteiger partial charge in [-0.3, -0.25) is 4.79 Å². The van der Waals surface area contributed by atoms with Crippen molar-refractivity contribution < 1.29 is 14.3 Å². The number of para-hydroxylation sites is 1. The second-order valence-corrected chi connectivity index (χ2v) is 8.59. The molecule has 6 heteroatoms. The number of amides is 1. The van der Waals surface area contributed by atoms with Crippen LogP contribution in [0.5, 0.6) is 0 Å². The standard InChI is InChI=1S/C31H27N3O3/c1-2-37-31(36)23-15-18-26-27(19-23)34-30(35)28(26)29(22-9-5-3-6-10-22)33-25-16-13-21(14-17-25)20-32-24-11-7-4-8-12-24/h3-19,32-33H,2,20H2,1H3,(H,34,35). The molecule has 0 spiro atoms. The molecule has 1 heterocycles. The Kier molecular flexibility index (Phi) is 6.99. The maximum atomic E-state index is 13.2. The van der Waals surface area contributed by atoms with E-state index in [4.69, 9.17) is 4.74 Å². The lowest BCUT2D eigenvalue weighted by Crippen LogP contribution is -2.10. The molecular weight excluding hydrogens is 462 g/mol. The molecule has 0 aromatic heterocycles. The number of esters is 1. The molecule has 1 aliphatic rings. The third-order valence-corrected chi connectivity index (χ3v) is 6.08. The summed E-state index contributed by atoms with van der Waals surface area (Å²) in [6.07, 6.45) is 0. The smallest absolute Gasteiger partial charge is 0.338 e. The van der Waals surface area contributed by atoms with Crippen LogP contribution in [-0.2, 0) is 16.1 Å². The molecule has 1 amide bonds. The summed E-state index contributed by atoms with van der Waals surface area (Å²) in [6.45, 7) is 2.75. The van der Waals surface area contributed by atoms with Crippen LogP contribution in [0.15, 0.2) is 103 Å². The average Bonchev–Trinajstić information content (AvgIpc) is 3.27. The summed E-state index contributed by atoms with van der Waals surface area (Å²) < 4.78 is 5.11. The van der Waals surface area contributed by atoms with Gasteiger partial charge in [0.2, 0.25) is 0 Å². The number of nitrogens with one attached hydrogen (secondary N) is 3. The van der Waals surface area contributed by atoms with E-state index in [0.717, 1.165) is 28.1 Å². The number of carbonyl (C=O) groups is 2. The Balaban J connectivity index is 1.45. The van der Waals surface area contributed by atoms with Gasteiger partial charge in [-0.05, 0) is 54.4 Å². The van der Waals surface area contributed by atoms with E-state index < -0.39 is 5.97 Å². The fraction of sp³-hybridized carbons (Fsp3) is 0.0968. The van der Waals surface area contributed by atoms with E-state index in [0.29, 0.717) is 29.1 Å². The first-order valence-corrected chi connectivity index (χ1v) is 12.2. The fourth-order valence-electron chi connectivity index (χ4n) is 4.26. The second-order valence-electron chi connectivity index (χ2n) is 8.59. The highest BCUT2D eigenvalue weighted by molar-refractivity contribution is 6.37. The van der Waals surface area contributed by atoms with Crippen molar-refractivity contribution in [2.24, 2.45) is 0 Å². The van der Waals surface area contributed by atoms with E-state index in [1.165, 1.54) is 0 Å². The molecule has 0 fully saturated rings. The van der Waals surface area contributed by atoms with Crippen molar-refractivity contribution in [3.8, 4) is 0 Å². The van der Waals surface area contributed by atoms with Gasteiger partial charge < -0.3 is 20.7 Å². The highest BCUT2D eigenvalue weighted by atomic mass is 16.5. The zero-order valence-corrected chi connectivity index (χ0v) is 20.5. The van der Waals surface area contributed by atoms with Gasteiger partial charge in [-0.15, -0.1) is 0 Å². The number of hydrogen-bond acceptors (Lipinski definition) is 5. The summed E-state index contributed by atoms with van der Waals surface area (Å²) in [6, 6.07) is 33.1. The Morgan fingerprint density at radius 1 is 0.811 bits per heavy atom. The number of carbonyl (C=O) groups excluding carboxylic acids is 2. The van der Waals surface area contributed by atoms with Crippen LogP contribution in [0.1, 0.15) is 34.0 Å². The Bertz CT molecular complexity index is 1450. The SMILES string of the molecule is CCOC(=O)c1ccc2c(c1)NC(=O)C2=C(Nc1ccc(CNc2ccccc2)cc1)c1ccccc1. The third-order valence-electron chi connectivity index (χ3n) is 6.08. The molecule has 4 aromatic rings. The molecule has 4 aromatic carbocycles. The summed E-state index contributed by atoms with van der Waals surface area (Å²) >= 11 is 0. The Morgan fingerprint density at radius 3 is 2.22 bits per heavy atom. The minimum Gasteiger partial charge on any atom is -0.462 e. The quantitative estimate of drug-likeness (QED) is 0.197. The van der Waals surface area contributed by atoms with Gasteiger partial charge in [0.05, 0.1) is 29.1 Å². The molecule has 37 heavy (non-hydrogen) atoms. The van der Waals surface area contributed by atoms with Crippen LogP contribution in [0, 0.1) is 0 Å². The van der Waals surface area contributed by atoms with Gasteiger partial charge in [0.25, 0.3) is 5.91 Å². The van der Waals surface area contributed by atoms with Gasteiger partial charge >= 0.3 is 5.97 Å². The number of rotatable bonds is 8. The Labute approximate surface area is 216 Å². The van der Waals surface area contributed by atoms with E-state index in [1.807, 2.05) is 72.8 Å². The van der Waals surface area contributed by atoms with E-state index >= 15 is 0 Å². The van der Waals surface area contributed by atoms with Crippen molar-refractivity contribution in [2.75, 3.05) is 22.6 Å². The molecule has 0 atom stereocenters. The maximum absolute atomic E-state index is 13.2. The first-order chi connectivity index (χ1) is 18.1. The zero-order valence-electron chi connectivity index (χ0n) is 20.5. The van der Waals surface area contributed by atoms with Crippen LogP contribution < -0.4 is 16.0 Å². The second kappa shape index (κ2) is 10.8. The topological polar surface area (TPSA) is 79.5 Å². The summed E-state index contributed by atoms with van der Waals surface area (Å²) in [5.74, 6) is -0.647. The lowest BCUT2D eigenvalue weighted by Gasteiger charge is -2.15. The van der Waals surface area contributed by atoms with Crippen molar-refractivity contribution in [3.63, 3.8) is 0 Å². The van der Waals surface area contributed by atoms with Crippen LogP contribution in [0.3, 0.4) is 0 Å². The van der Waals surface area contributed by atoms with Crippen LogP contribution in [0.4, 0.5) is 17.1 Å². The summed E-state index contributed by atoms with van der Waals surface area (Å²) in [5, 5.41) is 9.80. The number of fused-ring (bicyclic) bond motifs is 1. The third kappa shape index (κ3) is 5.38. The predicted molar refractivity (Wildman–Crippen MR) is 148 cm³/mol. The van der Waals surface area contributed by atoms with Crippen molar-refractivity contribution in [2.45, 2.75) is 13.5 Å². The predicted octanol–water partition coefficient (Wildman–Crippen LogP) is 6.41. The molecular formula is C31H27N3O3. The lowest BCUT2D eigenvalue weighted by molar-refractivity contribution is -0.110. The van der Waals surface area contributed by atoms with Crippen molar-refractivity contribution >= 4 is 40.2 Å². The minimum absolute atomic E-state index is 0.231. The van der Waals surface area contributed by atoms with Gasteiger partial charge in [0.1, 0.15) is 0 Å². The van der Waals surface area contributed by atoms with Crippen LogP contribution in [0.25, 0.3) is 11.3 Å². The summed E-state index contributed by atoms with van der Waals surface area (Å²) in [5.41, 5.74) is 6.87. The van der Waals surface area contributed by atoms with Crippen molar-refractivity contribution in [3.05, 3.63) is 125 Å². The monoisotopic (exact) mass is 489 g/mol. The van der Waals surface area contributed by atoms with E-state index in [1.54, 1.807) is 25.1 Å². The van der Waals surface area contributed by atoms with Crippen LogP contribution in [0.2, 0.25) is 0 Å². The normalized spacial score (nSPS) is 13.4. The van der Waals surface area contributed by atoms with Crippen LogP contribution >= 0.6 is 0 Å². The number of hydrogen-bond donors (Lipinski definition) is 3. The van der Waals surface area contributed by atoms with Gasteiger partial charge in [0, 0.05) is 23.5 Å². The van der Waals surface area contributed by atoms with Gasteiger partial charge in [-0.1, -0.05) is 66.7 Å². The highest BCUT2D eigenvalue weighted by Crippen LogP contribution is 2.38. The Hall–Kier alpha value is -4.84. The van der Waals surface area contributed by atoms with Gasteiger partial charge in [-0.25, -0.2) is 4.79 Å². The van der Waals surface area contributed by atoms with E-state index in [2.05, 4.69) is 28.1 Å².